The minimum absolute atomic E-state index is 0.109. The van der Waals surface area contributed by atoms with Gasteiger partial charge in [-0.1, -0.05) is 30.3 Å². The lowest BCUT2D eigenvalue weighted by molar-refractivity contribution is -0.117. The highest BCUT2D eigenvalue weighted by molar-refractivity contribution is 5.98. The van der Waals surface area contributed by atoms with Gasteiger partial charge in [-0.15, -0.1) is 0 Å². The van der Waals surface area contributed by atoms with Gasteiger partial charge in [0, 0.05) is 30.0 Å². The fraction of sp³-hybridized carbons (Fsp3) is 0.111. The zero-order valence-corrected chi connectivity index (χ0v) is 12.0. The summed E-state index contributed by atoms with van der Waals surface area (Å²) in [6, 6.07) is 17.9. The number of amides is 1. The van der Waals surface area contributed by atoms with Crippen LogP contribution in [0.25, 0.3) is 10.8 Å². The number of hydrogen-bond acceptors (Lipinski definition) is 3. The second-order valence-electron chi connectivity index (χ2n) is 5.05. The number of pyridine rings is 1. The molecule has 1 amide bonds. The van der Waals surface area contributed by atoms with E-state index in [4.69, 9.17) is 5.73 Å². The van der Waals surface area contributed by atoms with Gasteiger partial charge in [0.05, 0.1) is 5.92 Å². The van der Waals surface area contributed by atoms with E-state index >= 15 is 0 Å². The maximum absolute atomic E-state index is 12.5. The molecule has 0 aliphatic rings. The first kappa shape index (κ1) is 14.2. The molecule has 0 fully saturated rings. The Labute approximate surface area is 129 Å². The summed E-state index contributed by atoms with van der Waals surface area (Å²) in [5.74, 6) is -0.482. The number of benzene rings is 2. The molecule has 1 heterocycles. The lowest BCUT2D eigenvalue weighted by Crippen LogP contribution is -2.27. The number of rotatable bonds is 4. The van der Waals surface area contributed by atoms with Gasteiger partial charge in [0.15, 0.2) is 0 Å². The van der Waals surface area contributed by atoms with E-state index in [1.807, 2.05) is 36.4 Å². The molecule has 0 aliphatic carbocycles. The van der Waals surface area contributed by atoms with Crippen molar-refractivity contribution in [1.29, 1.82) is 0 Å². The molecule has 0 bridgehead atoms. The van der Waals surface area contributed by atoms with E-state index < -0.39 is 0 Å². The van der Waals surface area contributed by atoms with E-state index in [2.05, 4.69) is 16.4 Å². The Bertz CT molecular complexity index is 786. The van der Waals surface area contributed by atoms with E-state index in [0.29, 0.717) is 0 Å². The molecule has 1 aromatic heterocycles. The first-order chi connectivity index (χ1) is 10.8. The molecule has 1 unspecified atom stereocenters. The first-order valence-electron chi connectivity index (χ1n) is 7.08. The highest BCUT2D eigenvalue weighted by atomic mass is 16.1. The van der Waals surface area contributed by atoms with Crippen molar-refractivity contribution in [1.82, 2.24) is 4.98 Å². The Hall–Kier alpha value is -2.72. The average Bonchev–Trinajstić information content (AvgIpc) is 2.56. The molecule has 0 aliphatic heterocycles. The maximum Gasteiger partial charge on any atom is 0.233 e. The third kappa shape index (κ3) is 2.97. The lowest BCUT2D eigenvalue weighted by Gasteiger charge is -2.15. The van der Waals surface area contributed by atoms with Crippen LogP contribution < -0.4 is 11.1 Å². The van der Waals surface area contributed by atoms with Crippen molar-refractivity contribution >= 4 is 22.4 Å². The molecule has 3 rings (SSSR count). The Balaban J connectivity index is 1.82. The monoisotopic (exact) mass is 290 g/mol. The number of anilines is 1. The Morgan fingerprint density at radius 3 is 2.77 bits per heavy atom. The van der Waals surface area contributed by atoms with Crippen LogP contribution in [0.15, 0.2) is 60.9 Å². The van der Waals surface area contributed by atoms with Crippen LogP contribution in [0.5, 0.6) is 0 Å². The molecule has 1 radical (unpaired) electrons. The number of aromatic nitrogens is 1. The van der Waals surface area contributed by atoms with Crippen molar-refractivity contribution in [3.05, 3.63) is 72.6 Å². The second-order valence-corrected chi connectivity index (χ2v) is 5.05. The van der Waals surface area contributed by atoms with Crippen LogP contribution in [0.1, 0.15) is 11.5 Å². The van der Waals surface area contributed by atoms with Gasteiger partial charge >= 0.3 is 0 Å². The van der Waals surface area contributed by atoms with Crippen LogP contribution in [-0.4, -0.2) is 17.4 Å². The van der Waals surface area contributed by atoms with Crippen LogP contribution in [0.2, 0.25) is 0 Å². The number of nitrogens with one attached hydrogen (secondary N) is 1. The number of carbonyl (C=O) groups is 1. The number of hydrogen-bond donors (Lipinski definition) is 2. The van der Waals surface area contributed by atoms with Gasteiger partial charge in [-0.05, 0) is 35.2 Å². The van der Waals surface area contributed by atoms with Crippen molar-refractivity contribution in [2.24, 2.45) is 5.73 Å². The molecule has 4 heteroatoms. The summed E-state index contributed by atoms with van der Waals surface area (Å²) in [5.41, 5.74) is 7.42. The van der Waals surface area contributed by atoms with E-state index in [9.17, 15) is 4.79 Å². The molecule has 4 nitrogen and oxygen atoms in total. The van der Waals surface area contributed by atoms with Crippen molar-refractivity contribution < 1.29 is 4.79 Å². The van der Waals surface area contributed by atoms with Crippen LogP contribution in [-0.2, 0) is 4.79 Å². The normalized spacial score (nSPS) is 12.0. The van der Waals surface area contributed by atoms with Crippen molar-refractivity contribution in [2.45, 2.75) is 5.92 Å². The zero-order chi connectivity index (χ0) is 15.4. The van der Waals surface area contributed by atoms with Gasteiger partial charge in [-0.25, -0.2) is 0 Å². The zero-order valence-electron chi connectivity index (χ0n) is 12.0. The average molecular weight is 290 g/mol. The third-order valence-electron chi connectivity index (χ3n) is 3.61. The summed E-state index contributed by atoms with van der Waals surface area (Å²) in [6.07, 6.45) is 3.53. The molecule has 0 saturated heterocycles. The lowest BCUT2D eigenvalue weighted by atomic mass is 9.98. The fourth-order valence-electron chi connectivity index (χ4n) is 2.42. The predicted molar refractivity (Wildman–Crippen MR) is 87.4 cm³/mol. The first-order valence-corrected chi connectivity index (χ1v) is 7.08. The van der Waals surface area contributed by atoms with Crippen LogP contribution >= 0.6 is 0 Å². The van der Waals surface area contributed by atoms with Gasteiger partial charge in [0.2, 0.25) is 5.91 Å². The van der Waals surface area contributed by atoms with Crippen LogP contribution in [0.3, 0.4) is 0 Å². The Morgan fingerprint density at radius 1 is 1.18 bits per heavy atom. The number of carbonyl (C=O) groups excluding carboxylic acids is 1. The van der Waals surface area contributed by atoms with Crippen LogP contribution in [0, 0.1) is 6.07 Å². The molecule has 22 heavy (non-hydrogen) atoms. The maximum atomic E-state index is 12.5. The Kier molecular flexibility index (Phi) is 4.12. The highest BCUT2D eigenvalue weighted by Gasteiger charge is 2.18. The highest BCUT2D eigenvalue weighted by Crippen LogP contribution is 2.21. The largest absolute Gasteiger partial charge is 0.329 e. The summed E-state index contributed by atoms with van der Waals surface area (Å²) in [5, 5.41) is 5.00. The number of nitrogens with two attached hydrogens (primary N) is 1. The molecular formula is C18H16N3O. The van der Waals surface area contributed by atoms with Crippen molar-refractivity contribution in [2.75, 3.05) is 11.9 Å². The molecule has 2 aromatic carbocycles. The van der Waals surface area contributed by atoms with Crippen molar-refractivity contribution in [3.8, 4) is 0 Å². The molecule has 0 spiro atoms. The summed E-state index contributed by atoms with van der Waals surface area (Å²) in [4.78, 5) is 16.5. The standard InChI is InChI=1S/C18H16N3O/c19-11-17(13-4-2-1-3-5-13)18(22)21-16-7-6-15-12-20-9-8-14(15)10-16/h2-10,12,17H,11,19H2,(H,21,22). The van der Waals surface area contributed by atoms with E-state index in [1.54, 1.807) is 24.5 Å². The minimum Gasteiger partial charge on any atom is -0.329 e. The fourth-order valence-corrected chi connectivity index (χ4v) is 2.42. The topological polar surface area (TPSA) is 68.0 Å². The predicted octanol–water partition coefficient (Wildman–Crippen LogP) is 2.72. The summed E-state index contributed by atoms with van der Waals surface area (Å²) in [6.45, 7) is 0.257. The molecule has 3 N–H and O–H groups in total. The SMILES string of the molecule is NCC(C(=O)Nc1ccc2cnccc2c1)c1cc[c]cc1. The number of nitrogens with zero attached hydrogens (tertiary/aromatic N) is 1. The van der Waals surface area contributed by atoms with Gasteiger partial charge in [-0.2, -0.15) is 0 Å². The summed E-state index contributed by atoms with van der Waals surface area (Å²) >= 11 is 0. The molecular weight excluding hydrogens is 274 g/mol. The van der Waals surface area contributed by atoms with Gasteiger partial charge in [0.25, 0.3) is 0 Å². The minimum atomic E-state index is -0.372. The Morgan fingerprint density at radius 2 is 2.00 bits per heavy atom. The summed E-state index contributed by atoms with van der Waals surface area (Å²) in [7, 11) is 0. The third-order valence-corrected chi connectivity index (χ3v) is 3.61. The quantitative estimate of drug-likeness (QED) is 0.776. The molecule has 109 valence electrons. The van der Waals surface area contributed by atoms with E-state index in [1.165, 1.54) is 0 Å². The van der Waals surface area contributed by atoms with Crippen molar-refractivity contribution in [3.63, 3.8) is 0 Å². The smallest absolute Gasteiger partial charge is 0.233 e. The van der Waals surface area contributed by atoms with Crippen LogP contribution in [0.4, 0.5) is 5.69 Å². The van der Waals surface area contributed by atoms with Gasteiger partial charge in [0.1, 0.15) is 0 Å². The van der Waals surface area contributed by atoms with Gasteiger partial charge in [-0.3, -0.25) is 9.78 Å². The van der Waals surface area contributed by atoms with E-state index in [0.717, 1.165) is 22.0 Å². The summed E-state index contributed by atoms with van der Waals surface area (Å²) < 4.78 is 0. The molecule has 0 saturated carbocycles. The molecule has 1 atom stereocenters. The number of fused-ring (bicyclic) bond motifs is 1. The van der Waals surface area contributed by atoms with Gasteiger partial charge < -0.3 is 11.1 Å². The molecule has 3 aromatic rings. The van der Waals surface area contributed by atoms with E-state index in [-0.39, 0.29) is 18.4 Å². The second kappa shape index (κ2) is 6.37.